The number of furan rings is 1. The Balaban J connectivity index is 1.65. The first kappa shape index (κ1) is 22.4. The monoisotopic (exact) mass is 447 g/mol. The van der Waals surface area contributed by atoms with Crippen LogP contribution in [0.1, 0.15) is 33.3 Å². The first-order valence-corrected chi connectivity index (χ1v) is 10.6. The number of hydrogen-bond acceptors (Lipinski definition) is 6. The maximum atomic E-state index is 13.1. The van der Waals surface area contributed by atoms with Gasteiger partial charge in [-0.25, -0.2) is 0 Å². The Morgan fingerprint density at radius 1 is 1.12 bits per heavy atom. The Kier molecular flexibility index (Phi) is 6.60. The lowest BCUT2D eigenvalue weighted by atomic mass is 9.95. The van der Waals surface area contributed by atoms with Crippen LogP contribution >= 0.6 is 0 Å². The van der Waals surface area contributed by atoms with Gasteiger partial charge in [0.15, 0.2) is 11.5 Å². The minimum absolute atomic E-state index is 0.0262. The van der Waals surface area contributed by atoms with Crippen LogP contribution in [-0.2, 0) is 16.1 Å². The molecule has 0 radical (unpaired) electrons. The molecule has 7 heteroatoms. The molecule has 2 heterocycles. The van der Waals surface area contributed by atoms with E-state index in [2.05, 4.69) is 0 Å². The predicted octanol–water partition coefficient (Wildman–Crippen LogP) is 4.39. The van der Waals surface area contributed by atoms with Crippen molar-refractivity contribution < 1.29 is 28.6 Å². The normalized spacial score (nSPS) is 15.9. The molecule has 7 nitrogen and oxygen atoms in total. The van der Waals surface area contributed by atoms with Crippen molar-refractivity contribution in [2.75, 3.05) is 20.3 Å². The fourth-order valence-electron chi connectivity index (χ4n) is 3.82. The average Bonchev–Trinajstić information content (AvgIpc) is 3.45. The number of amides is 1. The van der Waals surface area contributed by atoms with Crippen LogP contribution in [0.15, 0.2) is 82.7 Å². The van der Waals surface area contributed by atoms with Gasteiger partial charge in [0.25, 0.3) is 5.91 Å². The number of nitrogens with zero attached hydrogens (tertiary/aromatic N) is 1. The molecule has 1 aliphatic heterocycles. The van der Waals surface area contributed by atoms with Crippen molar-refractivity contribution in [3.05, 3.63) is 101 Å². The number of aliphatic hydroxyl groups excluding tert-OH is 1. The molecule has 33 heavy (non-hydrogen) atoms. The number of aliphatic hydroxyl groups is 1. The number of ketones is 1. The third-order valence-electron chi connectivity index (χ3n) is 5.53. The number of carbonyl (C=O) groups excluding carboxylic acids is 2. The van der Waals surface area contributed by atoms with Crippen LogP contribution in [0, 0.1) is 6.92 Å². The van der Waals surface area contributed by atoms with Crippen molar-refractivity contribution in [1.82, 2.24) is 4.90 Å². The van der Waals surface area contributed by atoms with Gasteiger partial charge in [0.1, 0.15) is 12.4 Å². The molecule has 1 amide bonds. The summed E-state index contributed by atoms with van der Waals surface area (Å²) in [5, 5.41) is 10.6. The number of aryl methyl sites for hydroxylation is 1. The first-order chi connectivity index (χ1) is 16.0. The maximum Gasteiger partial charge on any atom is 0.290 e. The van der Waals surface area contributed by atoms with Gasteiger partial charge < -0.3 is 23.9 Å². The molecule has 1 N–H and O–H groups in total. The quantitative estimate of drug-likeness (QED) is 0.490. The zero-order chi connectivity index (χ0) is 23.4. The van der Waals surface area contributed by atoms with E-state index in [0.717, 1.165) is 5.56 Å². The molecule has 1 aromatic heterocycles. The fourth-order valence-corrected chi connectivity index (χ4v) is 3.82. The standard InChI is InChI=1S/C26H25NO6/c1-17-8-10-18(11-9-17)16-33-20-6-3-5-19(15-20)23-22(24(28)21-7-4-13-32-21)25(29)26(30)27(23)12-14-31-2/h3-11,13,15,23,29H,12,14,16H2,1-2H3. The minimum atomic E-state index is -0.798. The molecule has 0 saturated carbocycles. The van der Waals surface area contributed by atoms with E-state index in [1.807, 2.05) is 37.3 Å². The van der Waals surface area contributed by atoms with E-state index < -0.39 is 23.5 Å². The summed E-state index contributed by atoms with van der Waals surface area (Å²) in [6.45, 7) is 2.85. The van der Waals surface area contributed by atoms with Crippen LogP contribution in [0.3, 0.4) is 0 Å². The molecule has 3 aromatic rings. The van der Waals surface area contributed by atoms with Gasteiger partial charge in [-0.2, -0.15) is 0 Å². The molecule has 1 atom stereocenters. The third kappa shape index (κ3) is 4.68. The van der Waals surface area contributed by atoms with Crippen molar-refractivity contribution in [3.8, 4) is 5.75 Å². The second kappa shape index (κ2) is 9.75. The van der Waals surface area contributed by atoms with Crippen molar-refractivity contribution in [2.24, 2.45) is 0 Å². The van der Waals surface area contributed by atoms with Gasteiger partial charge in [0.05, 0.1) is 24.5 Å². The fraction of sp³-hybridized carbons (Fsp3) is 0.231. The average molecular weight is 447 g/mol. The van der Waals surface area contributed by atoms with Gasteiger partial charge in [-0.05, 0) is 42.3 Å². The molecule has 0 saturated heterocycles. The van der Waals surface area contributed by atoms with Crippen molar-refractivity contribution >= 4 is 11.7 Å². The highest BCUT2D eigenvalue weighted by Gasteiger charge is 2.44. The van der Waals surface area contributed by atoms with Crippen molar-refractivity contribution in [3.63, 3.8) is 0 Å². The molecule has 0 aliphatic carbocycles. The van der Waals surface area contributed by atoms with Crippen LogP contribution in [0.2, 0.25) is 0 Å². The van der Waals surface area contributed by atoms with E-state index in [1.165, 1.54) is 29.9 Å². The number of hydrogen-bond donors (Lipinski definition) is 1. The molecule has 1 aliphatic rings. The highest BCUT2D eigenvalue weighted by atomic mass is 16.5. The highest BCUT2D eigenvalue weighted by molar-refractivity contribution is 6.15. The lowest BCUT2D eigenvalue weighted by Gasteiger charge is -2.26. The van der Waals surface area contributed by atoms with Gasteiger partial charge in [0.2, 0.25) is 5.78 Å². The molecule has 2 aromatic carbocycles. The Morgan fingerprint density at radius 3 is 2.61 bits per heavy atom. The number of Topliss-reactive ketones (excluding diaryl/α,β-unsaturated/α-hetero) is 1. The zero-order valence-corrected chi connectivity index (χ0v) is 18.5. The summed E-state index contributed by atoms with van der Waals surface area (Å²) in [5.41, 5.74) is 2.81. The number of rotatable bonds is 9. The second-order valence-corrected chi connectivity index (χ2v) is 7.81. The third-order valence-corrected chi connectivity index (χ3v) is 5.53. The molecule has 0 fully saturated rings. The van der Waals surface area contributed by atoms with Gasteiger partial charge in [0, 0.05) is 13.7 Å². The number of ether oxygens (including phenoxy) is 2. The SMILES string of the molecule is COCCN1C(=O)C(O)=C(C(=O)c2ccco2)C1c1cccc(OCc2ccc(C)cc2)c1. The van der Waals surface area contributed by atoms with E-state index in [1.54, 1.807) is 24.3 Å². The summed E-state index contributed by atoms with van der Waals surface area (Å²) in [6, 6.07) is 17.5. The number of carbonyl (C=O) groups is 2. The van der Waals surface area contributed by atoms with E-state index >= 15 is 0 Å². The van der Waals surface area contributed by atoms with Crippen molar-refractivity contribution in [2.45, 2.75) is 19.6 Å². The lowest BCUT2D eigenvalue weighted by molar-refractivity contribution is -0.130. The maximum absolute atomic E-state index is 13.1. The molecule has 4 rings (SSSR count). The second-order valence-electron chi connectivity index (χ2n) is 7.81. The first-order valence-electron chi connectivity index (χ1n) is 10.6. The minimum Gasteiger partial charge on any atom is -0.503 e. The van der Waals surface area contributed by atoms with Gasteiger partial charge in [-0.3, -0.25) is 9.59 Å². The van der Waals surface area contributed by atoms with Crippen LogP contribution < -0.4 is 4.74 Å². The summed E-state index contributed by atoms with van der Waals surface area (Å²) >= 11 is 0. The van der Waals surface area contributed by atoms with E-state index in [9.17, 15) is 14.7 Å². The van der Waals surface area contributed by atoms with Gasteiger partial charge in [-0.15, -0.1) is 0 Å². The topological polar surface area (TPSA) is 89.2 Å². The van der Waals surface area contributed by atoms with E-state index in [0.29, 0.717) is 17.9 Å². The summed E-state index contributed by atoms with van der Waals surface area (Å²) in [5.74, 6) is -1.11. The highest BCUT2D eigenvalue weighted by Crippen LogP contribution is 2.39. The van der Waals surface area contributed by atoms with Crippen LogP contribution in [0.25, 0.3) is 0 Å². The lowest BCUT2D eigenvalue weighted by Crippen LogP contribution is -2.34. The molecule has 170 valence electrons. The van der Waals surface area contributed by atoms with E-state index in [4.69, 9.17) is 13.9 Å². The number of benzene rings is 2. The zero-order valence-electron chi connectivity index (χ0n) is 18.5. The summed E-state index contributed by atoms with van der Waals surface area (Å²) < 4.78 is 16.3. The Labute approximate surface area is 191 Å². The molecule has 0 spiro atoms. The van der Waals surface area contributed by atoms with Gasteiger partial charge in [-0.1, -0.05) is 42.0 Å². The smallest absolute Gasteiger partial charge is 0.290 e. The van der Waals surface area contributed by atoms with Crippen LogP contribution in [0.4, 0.5) is 0 Å². The van der Waals surface area contributed by atoms with Gasteiger partial charge >= 0.3 is 0 Å². The summed E-state index contributed by atoms with van der Waals surface area (Å²) in [7, 11) is 1.53. The van der Waals surface area contributed by atoms with Crippen LogP contribution in [0.5, 0.6) is 5.75 Å². The largest absolute Gasteiger partial charge is 0.503 e. The van der Waals surface area contributed by atoms with E-state index in [-0.39, 0.29) is 24.5 Å². The Bertz CT molecular complexity index is 1160. The Morgan fingerprint density at radius 2 is 1.91 bits per heavy atom. The molecule has 1 unspecified atom stereocenters. The number of methoxy groups -OCH3 is 1. The van der Waals surface area contributed by atoms with Crippen molar-refractivity contribution in [1.29, 1.82) is 0 Å². The summed E-state index contributed by atoms with van der Waals surface area (Å²) in [6.07, 6.45) is 1.37. The summed E-state index contributed by atoms with van der Waals surface area (Å²) in [4.78, 5) is 27.4. The molecular weight excluding hydrogens is 422 g/mol. The molecular formula is C26H25NO6. The van der Waals surface area contributed by atoms with Crippen LogP contribution in [-0.4, -0.2) is 42.0 Å². The molecule has 0 bridgehead atoms. The Hall–Kier alpha value is -3.84. The predicted molar refractivity (Wildman–Crippen MR) is 121 cm³/mol.